The van der Waals surface area contributed by atoms with E-state index in [9.17, 15) is 9.59 Å². The summed E-state index contributed by atoms with van der Waals surface area (Å²) in [5.74, 6) is 0.496. The average Bonchev–Trinajstić information content (AvgIpc) is 2.33. The summed E-state index contributed by atoms with van der Waals surface area (Å²) in [4.78, 5) is 25.3. The molecule has 0 aromatic rings. The summed E-state index contributed by atoms with van der Waals surface area (Å²) < 4.78 is 5.50. The van der Waals surface area contributed by atoms with Gasteiger partial charge in [0.1, 0.15) is 5.78 Å². The summed E-state index contributed by atoms with van der Waals surface area (Å²) in [5, 5.41) is 0. The van der Waals surface area contributed by atoms with Crippen molar-refractivity contribution in [3.05, 3.63) is 0 Å². The summed E-state index contributed by atoms with van der Waals surface area (Å²) in [5.41, 5.74) is -0.199. The Balaban J connectivity index is 1.86. The molecule has 2 saturated carbocycles. The molecular formula is C14H23NO3. The van der Waals surface area contributed by atoms with Gasteiger partial charge in [-0.3, -0.25) is 9.59 Å². The molecular weight excluding hydrogens is 230 g/mol. The Bertz CT molecular complexity index is 320. The van der Waals surface area contributed by atoms with Gasteiger partial charge < -0.3 is 9.64 Å². The predicted molar refractivity (Wildman–Crippen MR) is 68.2 cm³/mol. The minimum Gasteiger partial charge on any atom is -0.378 e. The van der Waals surface area contributed by atoms with Crippen molar-refractivity contribution in [3.63, 3.8) is 0 Å². The maximum Gasteiger partial charge on any atom is 0.225 e. The third kappa shape index (κ3) is 2.74. The average molecular weight is 253 g/mol. The fourth-order valence-electron chi connectivity index (χ4n) is 2.94. The first kappa shape index (κ1) is 13.5. The summed E-state index contributed by atoms with van der Waals surface area (Å²) >= 11 is 0. The summed E-state index contributed by atoms with van der Waals surface area (Å²) in [6, 6.07) is 0.240. The number of carbonyl (C=O) groups excluding carboxylic acids is 2. The van der Waals surface area contributed by atoms with E-state index in [1.807, 2.05) is 11.9 Å². The number of carbonyl (C=O) groups is 2. The van der Waals surface area contributed by atoms with Crippen LogP contribution >= 0.6 is 0 Å². The lowest BCUT2D eigenvalue weighted by molar-refractivity contribution is -0.146. The molecule has 0 unspecified atom stereocenters. The van der Waals surface area contributed by atoms with Gasteiger partial charge in [-0.05, 0) is 32.1 Å². The van der Waals surface area contributed by atoms with E-state index in [2.05, 4.69) is 0 Å². The third-order valence-corrected chi connectivity index (χ3v) is 4.63. The van der Waals surface area contributed by atoms with E-state index in [1.54, 1.807) is 7.11 Å². The van der Waals surface area contributed by atoms with Gasteiger partial charge in [0.05, 0.1) is 12.0 Å². The molecule has 4 heteroatoms. The highest BCUT2D eigenvalue weighted by Crippen LogP contribution is 2.38. The summed E-state index contributed by atoms with van der Waals surface area (Å²) in [6.07, 6.45) is 6.52. The van der Waals surface area contributed by atoms with E-state index in [4.69, 9.17) is 4.74 Å². The van der Waals surface area contributed by atoms with Crippen LogP contribution in [0, 0.1) is 0 Å². The van der Waals surface area contributed by atoms with Crippen LogP contribution in [0.1, 0.15) is 51.4 Å². The second-order valence-corrected chi connectivity index (χ2v) is 5.69. The van der Waals surface area contributed by atoms with E-state index >= 15 is 0 Å². The Morgan fingerprint density at radius 1 is 1.39 bits per heavy atom. The molecule has 102 valence electrons. The fourth-order valence-corrected chi connectivity index (χ4v) is 2.94. The molecule has 0 bridgehead atoms. The van der Waals surface area contributed by atoms with Crippen LogP contribution < -0.4 is 0 Å². The Morgan fingerprint density at radius 2 is 2.00 bits per heavy atom. The smallest absolute Gasteiger partial charge is 0.225 e. The maximum atomic E-state index is 12.3. The standard InChI is InChI=1S/C14H23NO3/c1-15(11-4-6-12(16)7-5-11)13(17)10-14(18-2)8-3-9-14/h11H,3-10H2,1-2H3. The molecule has 0 N–H and O–H groups in total. The number of ketones is 1. The topological polar surface area (TPSA) is 46.6 Å². The van der Waals surface area contributed by atoms with Gasteiger partial charge in [-0.25, -0.2) is 0 Å². The summed E-state index contributed by atoms with van der Waals surface area (Å²) in [6.45, 7) is 0. The van der Waals surface area contributed by atoms with Crippen molar-refractivity contribution in [1.82, 2.24) is 4.90 Å². The van der Waals surface area contributed by atoms with Crippen LogP contribution in [-0.2, 0) is 14.3 Å². The molecule has 0 aliphatic heterocycles. The van der Waals surface area contributed by atoms with E-state index in [0.29, 0.717) is 25.0 Å². The zero-order valence-corrected chi connectivity index (χ0v) is 11.4. The van der Waals surface area contributed by atoms with Crippen LogP contribution in [0.25, 0.3) is 0 Å². The highest BCUT2D eigenvalue weighted by molar-refractivity contribution is 5.80. The van der Waals surface area contributed by atoms with Crippen LogP contribution in [0.3, 0.4) is 0 Å². The lowest BCUT2D eigenvalue weighted by Gasteiger charge is -2.42. The van der Waals surface area contributed by atoms with Crippen molar-refractivity contribution >= 4 is 11.7 Å². The van der Waals surface area contributed by atoms with E-state index in [1.165, 1.54) is 0 Å². The highest BCUT2D eigenvalue weighted by atomic mass is 16.5. The highest BCUT2D eigenvalue weighted by Gasteiger charge is 2.40. The molecule has 0 radical (unpaired) electrons. The molecule has 0 aromatic heterocycles. The number of hydrogen-bond donors (Lipinski definition) is 0. The van der Waals surface area contributed by atoms with Crippen LogP contribution in [0.5, 0.6) is 0 Å². The number of ether oxygens (including phenoxy) is 1. The van der Waals surface area contributed by atoms with Crippen molar-refractivity contribution in [3.8, 4) is 0 Å². The number of methoxy groups -OCH3 is 1. The van der Waals surface area contributed by atoms with Gasteiger partial charge in [0.15, 0.2) is 0 Å². The molecule has 0 saturated heterocycles. The molecule has 0 spiro atoms. The Hall–Kier alpha value is -0.900. The molecule has 2 rings (SSSR count). The third-order valence-electron chi connectivity index (χ3n) is 4.63. The number of rotatable bonds is 4. The van der Waals surface area contributed by atoms with Gasteiger partial charge in [0.2, 0.25) is 5.91 Å². The summed E-state index contributed by atoms with van der Waals surface area (Å²) in [7, 11) is 3.57. The first-order valence-electron chi connectivity index (χ1n) is 6.89. The van der Waals surface area contributed by atoms with Gasteiger partial charge in [-0.2, -0.15) is 0 Å². The predicted octanol–water partition coefficient (Wildman–Crippen LogP) is 1.92. The quantitative estimate of drug-likeness (QED) is 0.769. The molecule has 0 heterocycles. The molecule has 2 aliphatic carbocycles. The lowest BCUT2D eigenvalue weighted by Crippen LogP contribution is -2.47. The van der Waals surface area contributed by atoms with E-state index in [0.717, 1.165) is 32.1 Å². The Labute approximate surface area is 109 Å². The van der Waals surface area contributed by atoms with Crippen LogP contribution in [0.4, 0.5) is 0 Å². The SMILES string of the molecule is COC1(CC(=O)N(C)C2CCC(=O)CC2)CCC1. The Kier molecular flexibility index (Phi) is 4.05. The maximum absolute atomic E-state index is 12.3. The van der Waals surface area contributed by atoms with Gasteiger partial charge in [0.25, 0.3) is 0 Å². The molecule has 2 aliphatic rings. The largest absolute Gasteiger partial charge is 0.378 e. The van der Waals surface area contributed by atoms with Crippen molar-refractivity contribution in [2.75, 3.05) is 14.2 Å². The molecule has 4 nitrogen and oxygen atoms in total. The minimum atomic E-state index is -0.199. The number of Topliss-reactive ketones (excluding diaryl/α,β-unsaturated/α-hetero) is 1. The van der Waals surface area contributed by atoms with Gasteiger partial charge >= 0.3 is 0 Å². The van der Waals surface area contributed by atoms with Crippen LogP contribution in [-0.4, -0.2) is 42.4 Å². The first-order chi connectivity index (χ1) is 8.56. The van der Waals surface area contributed by atoms with Crippen molar-refractivity contribution in [1.29, 1.82) is 0 Å². The number of hydrogen-bond acceptors (Lipinski definition) is 3. The van der Waals surface area contributed by atoms with Crippen molar-refractivity contribution < 1.29 is 14.3 Å². The van der Waals surface area contributed by atoms with E-state index in [-0.39, 0.29) is 17.6 Å². The monoisotopic (exact) mass is 253 g/mol. The molecule has 18 heavy (non-hydrogen) atoms. The van der Waals surface area contributed by atoms with Gasteiger partial charge in [0, 0.05) is 33.0 Å². The Morgan fingerprint density at radius 3 is 2.44 bits per heavy atom. The zero-order valence-electron chi connectivity index (χ0n) is 11.4. The van der Waals surface area contributed by atoms with Gasteiger partial charge in [-0.15, -0.1) is 0 Å². The van der Waals surface area contributed by atoms with E-state index < -0.39 is 0 Å². The second kappa shape index (κ2) is 5.39. The normalized spacial score (nSPS) is 23.6. The first-order valence-corrected chi connectivity index (χ1v) is 6.89. The fraction of sp³-hybridized carbons (Fsp3) is 0.857. The molecule has 2 fully saturated rings. The zero-order chi connectivity index (χ0) is 13.2. The molecule has 0 atom stereocenters. The van der Waals surface area contributed by atoms with Crippen LogP contribution in [0.15, 0.2) is 0 Å². The van der Waals surface area contributed by atoms with Crippen LogP contribution in [0.2, 0.25) is 0 Å². The minimum absolute atomic E-state index is 0.163. The molecule has 1 amide bonds. The molecule has 0 aromatic carbocycles. The van der Waals surface area contributed by atoms with Crippen molar-refractivity contribution in [2.45, 2.75) is 63.0 Å². The number of nitrogens with zero attached hydrogens (tertiary/aromatic N) is 1. The van der Waals surface area contributed by atoms with Gasteiger partial charge in [-0.1, -0.05) is 0 Å². The van der Waals surface area contributed by atoms with Crippen molar-refractivity contribution in [2.24, 2.45) is 0 Å². The lowest BCUT2D eigenvalue weighted by atomic mass is 9.77. The second-order valence-electron chi connectivity index (χ2n) is 5.69. The number of amides is 1.